The summed E-state index contributed by atoms with van der Waals surface area (Å²) in [7, 11) is -1.58. The fraction of sp³-hybridized carbons (Fsp3) is 0.400. The largest absolute Gasteiger partial charge is 0.488 e. The van der Waals surface area contributed by atoms with Crippen LogP contribution in [0, 0.1) is 0 Å². The highest BCUT2D eigenvalue weighted by atomic mass is 35.5. The van der Waals surface area contributed by atoms with Crippen molar-refractivity contribution in [2.75, 3.05) is 0 Å². The van der Waals surface area contributed by atoms with E-state index >= 15 is 0 Å². The molecular formula is C10H9BCl2F2O2. The first kappa shape index (κ1) is 13.1. The third-order valence-corrected chi connectivity index (χ3v) is 4.10. The average molecular weight is 281 g/mol. The molecule has 2 N–H and O–H groups in total. The first-order valence-electron chi connectivity index (χ1n) is 4.97. The molecule has 2 nitrogen and oxygen atoms in total. The maximum atomic E-state index is 13.1. The lowest BCUT2D eigenvalue weighted by Gasteiger charge is -2.47. The number of hydrogen-bond donors (Lipinski definition) is 2. The number of alkyl halides is 4. The first-order chi connectivity index (χ1) is 7.75. The van der Waals surface area contributed by atoms with Crippen molar-refractivity contribution in [2.24, 2.45) is 0 Å². The van der Waals surface area contributed by atoms with Gasteiger partial charge in [-0.15, -0.1) is 0 Å². The molecule has 0 radical (unpaired) electrons. The Morgan fingerprint density at radius 3 is 2.06 bits per heavy atom. The van der Waals surface area contributed by atoms with Crippen molar-refractivity contribution in [1.82, 2.24) is 0 Å². The third kappa shape index (κ3) is 2.06. The minimum absolute atomic E-state index is 0.287. The molecule has 0 saturated heterocycles. The molecule has 1 aromatic carbocycles. The fourth-order valence-electron chi connectivity index (χ4n) is 1.87. The van der Waals surface area contributed by atoms with E-state index in [1.165, 1.54) is 24.3 Å². The van der Waals surface area contributed by atoms with E-state index in [2.05, 4.69) is 0 Å². The van der Waals surface area contributed by atoms with Crippen molar-refractivity contribution in [3.05, 3.63) is 29.8 Å². The maximum absolute atomic E-state index is 13.1. The number of rotatable bonds is 2. The molecule has 0 heterocycles. The molecule has 17 heavy (non-hydrogen) atoms. The van der Waals surface area contributed by atoms with E-state index in [1.54, 1.807) is 0 Å². The Hall–Kier alpha value is -0.355. The summed E-state index contributed by atoms with van der Waals surface area (Å²) in [6.07, 6.45) is -0.402. The lowest BCUT2D eigenvalue weighted by molar-refractivity contribution is -0.0980. The minimum atomic E-state index is -3.09. The van der Waals surface area contributed by atoms with Gasteiger partial charge in [-0.25, -0.2) is 8.78 Å². The van der Waals surface area contributed by atoms with Gasteiger partial charge in [-0.2, -0.15) is 0 Å². The van der Waals surface area contributed by atoms with Crippen LogP contribution in [0.1, 0.15) is 17.9 Å². The summed E-state index contributed by atoms with van der Waals surface area (Å²) in [4.78, 5) is 0. The lowest BCUT2D eigenvalue weighted by Crippen LogP contribution is -2.55. The minimum Gasteiger partial charge on any atom is -0.423 e. The van der Waals surface area contributed by atoms with Crippen LogP contribution < -0.4 is 5.46 Å². The summed E-state index contributed by atoms with van der Waals surface area (Å²) in [5.41, 5.74) is 0.847. The number of hydrogen-bond acceptors (Lipinski definition) is 2. The molecule has 0 aliphatic heterocycles. The summed E-state index contributed by atoms with van der Waals surface area (Å²) in [5.74, 6) is -3.73. The first-order valence-corrected chi connectivity index (χ1v) is 5.73. The van der Waals surface area contributed by atoms with Crippen molar-refractivity contribution in [3.8, 4) is 0 Å². The summed E-state index contributed by atoms with van der Waals surface area (Å²) in [5, 5.41) is 17.8. The van der Waals surface area contributed by atoms with Crippen LogP contribution in [0.25, 0.3) is 0 Å². The maximum Gasteiger partial charge on any atom is 0.488 e. The highest BCUT2D eigenvalue weighted by molar-refractivity contribution is 6.58. The topological polar surface area (TPSA) is 40.5 Å². The predicted octanol–water partition coefficient (Wildman–Crippen LogP) is 1.66. The van der Waals surface area contributed by atoms with Crippen LogP contribution in [0.5, 0.6) is 0 Å². The van der Waals surface area contributed by atoms with Crippen LogP contribution in [0.15, 0.2) is 24.3 Å². The van der Waals surface area contributed by atoms with Crippen LogP contribution in [0.2, 0.25) is 0 Å². The van der Waals surface area contributed by atoms with E-state index in [1.807, 2.05) is 0 Å². The molecule has 0 spiro atoms. The highest BCUT2D eigenvalue weighted by Gasteiger charge is 2.67. The number of benzene rings is 1. The molecule has 1 aliphatic carbocycles. The Kier molecular flexibility index (Phi) is 3.15. The van der Waals surface area contributed by atoms with Gasteiger partial charge in [0.15, 0.2) is 4.33 Å². The van der Waals surface area contributed by atoms with Crippen LogP contribution in [-0.4, -0.2) is 27.4 Å². The second-order valence-electron chi connectivity index (χ2n) is 4.12. The zero-order valence-electron chi connectivity index (χ0n) is 8.58. The van der Waals surface area contributed by atoms with E-state index in [4.69, 9.17) is 33.2 Å². The van der Waals surface area contributed by atoms with Gasteiger partial charge < -0.3 is 10.0 Å². The van der Waals surface area contributed by atoms with Gasteiger partial charge in [0.1, 0.15) is 0 Å². The Morgan fingerprint density at radius 2 is 1.71 bits per heavy atom. The Labute approximate surface area is 107 Å². The van der Waals surface area contributed by atoms with Crippen molar-refractivity contribution >= 4 is 35.8 Å². The van der Waals surface area contributed by atoms with Crippen LogP contribution in [-0.2, 0) is 0 Å². The SMILES string of the molecule is OB(O)c1ccc([C@H]2CC(F)(F)C2(Cl)Cl)cc1. The Balaban J connectivity index is 2.21. The standard InChI is InChI=1S/C10H9BCl2F2O2/c12-10(13)8(5-9(10,14)15)6-1-3-7(4-2-6)11(16)17/h1-4,8,16-17H,5H2/t8-/m1/s1. The zero-order valence-corrected chi connectivity index (χ0v) is 10.1. The molecule has 2 rings (SSSR count). The smallest absolute Gasteiger partial charge is 0.423 e. The van der Waals surface area contributed by atoms with Crippen molar-refractivity contribution < 1.29 is 18.8 Å². The highest BCUT2D eigenvalue weighted by Crippen LogP contribution is 2.62. The van der Waals surface area contributed by atoms with E-state index < -0.39 is 29.7 Å². The summed E-state index contributed by atoms with van der Waals surface area (Å²) in [6.45, 7) is 0. The molecule has 1 saturated carbocycles. The van der Waals surface area contributed by atoms with E-state index in [9.17, 15) is 8.78 Å². The molecule has 0 aromatic heterocycles. The Bertz CT molecular complexity index is 423. The number of halogens is 4. The Morgan fingerprint density at radius 1 is 1.18 bits per heavy atom. The molecule has 1 atom stereocenters. The van der Waals surface area contributed by atoms with Gasteiger partial charge in [0.2, 0.25) is 0 Å². The van der Waals surface area contributed by atoms with Crippen molar-refractivity contribution in [1.29, 1.82) is 0 Å². The van der Waals surface area contributed by atoms with Crippen molar-refractivity contribution in [2.45, 2.75) is 22.6 Å². The van der Waals surface area contributed by atoms with Crippen LogP contribution in [0.4, 0.5) is 8.78 Å². The molecular weight excluding hydrogens is 272 g/mol. The molecule has 1 aromatic rings. The fourth-order valence-corrected chi connectivity index (χ4v) is 2.43. The monoisotopic (exact) mass is 280 g/mol. The summed E-state index contributed by atoms with van der Waals surface area (Å²) < 4.78 is 24.1. The summed E-state index contributed by atoms with van der Waals surface area (Å²) in [6, 6.07) is 5.93. The third-order valence-electron chi connectivity index (χ3n) is 3.02. The lowest BCUT2D eigenvalue weighted by atomic mass is 9.73. The van der Waals surface area contributed by atoms with Gasteiger partial charge in [-0.3, -0.25) is 0 Å². The zero-order chi connectivity index (χ0) is 12.8. The van der Waals surface area contributed by atoms with Gasteiger partial charge in [-0.1, -0.05) is 47.5 Å². The van der Waals surface area contributed by atoms with Gasteiger partial charge in [0, 0.05) is 12.3 Å². The van der Waals surface area contributed by atoms with Gasteiger partial charge in [0.05, 0.1) is 0 Å². The quantitative estimate of drug-likeness (QED) is 0.639. The molecule has 0 bridgehead atoms. The van der Waals surface area contributed by atoms with Crippen LogP contribution in [0.3, 0.4) is 0 Å². The van der Waals surface area contributed by atoms with E-state index in [-0.39, 0.29) is 5.46 Å². The van der Waals surface area contributed by atoms with E-state index in [0.29, 0.717) is 5.56 Å². The molecule has 0 amide bonds. The summed E-state index contributed by atoms with van der Waals surface area (Å²) >= 11 is 11.2. The van der Waals surface area contributed by atoms with Gasteiger partial charge >= 0.3 is 7.12 Å². The predicted molar refractivity (Wildman–Crippen MR) is 63.0 cm³/mol. The van der Waals surface area contributed by atoms with E-state index in [0.717, 1.165) is 0 Å². The second-order valence-corrected chi connectivity index (χ2v) is 5.51. The van der Waals surface area contributed by atoms with Crippen molar-refractivity contribution in [3.63, 3.8) is 0 Å². The molecule has 1 aliphatic rings. The normalized spacial score (nSPS) is 25.2. The molecule has 92 valence electrons. The second kappa shape index (κ2) is 4.09. The molecule has 0 unspecified atom stereocenters. The van der Waals surface area contributed by atoms with Gasteiger partial charge in [0.25, 0.3) is 5.92 Å². The van der Waals surface area contributed by atoms with Crippen LogP contribution >= 0.6 is 23.2 Å². The average Bonchev–Trinajstić information content (AvgIpc) is 2.26. The molecule has 7 heteroatoms. The van der Waals surface area contributed by atoms with Gasteiger partial charge in [-0.05, 0) is 11.0 Å². The molecule has 1 fully saturated rings.